The minimum atomic E-state index is -2.75. The van der Waals surface area contributed by atoms with Crippen molar-refractivity contribution in [3.05, 3.63) is 30.0 Å². The van der Waals surface area contributed by atoms with E-state index in [1.165, 1.54) is 0 Å². The third-order valence-electron chi connectivity index (χ3n) is 5.32. The fraction of sp³-hybridized carbons (Fsp3) is 0.450. The van der Waals surface area contributed by atoms with Crippen LogP contribution in [-0.4, -0.2) is 53.7 Å². The van der Waals surface area contributed by atoms with Crippen molar-refractivity contribution in [2.45, 2.75) is 32.4 Å². The van der Waals surface area contributed by atoms with E-state index in [9.17, 15) is 18.4 Å². The van der Waals surface area contributed by atoms with Gasteiger partial charge in [0.15, 0.2) is 5.82 Å². The second-order valence-electron chi connectivity index (χ2n) is 7.48. The number of amides is 2. The molecule has 30 heavy (non-hydrogen) atoms. The number of fused-ring (bicyclic) bond motifs is 3. The Kier molecular flexibility index (Phi) is 5.42. The number of nitrogens with two attached hydrogens (primary N) is 1. The first-order valence-electron chi connectivity index (χ1n) is 9.65. The van der Waals surface area contributed by atoms with Crippen molar-refractivity contribution in [3.63, 3.8) is 0 Å². The van der Waals surface area contributed by atoms with E-state index in [-0.39, 0.29) is 30.9 Å². The maximum Gasteiger partial charge on any atom is 0.261 e. The van der Waals surface area contributed by atoms with Crippen molar-refractivity contribution in [2.75, 3.05) is 24.7 Å². The molecular formula is C20H22F2N4O4. The van der Waals surface area contributed by atoms with E-state index in [4.69, 9.17) is 15.2 Å². The molecule has 0 spiro atoms. The molecule has 10 heteroatoms. The smallest absolute Gasteiger partial charge is 0.261 e. The zero-order valence-electron chi connectivity index (χ0n) is 16.4. The highest BCUT2D eigenvalue weighted by Gasteiger charge is 2.38. The fourth-order valence-electron chi connectivity index (χ4n) is 3.69. The normalized spacial score (nSPS) is 19.7. The van der Waals surface area contributed by atoms with Crippen molar-refractivity contribution in [3.8, 4) is 17.1 Å². The van der Waals surface area contributed by atoms with Gasteiger partial charge in [-0.1, -0.05) is 13.0 Å². The molecule has 0 saturated carbocycles. The summed E-state index contributed by atoms with van der Waals surface area (Å²) < 4.78 is 39.5. The first-order chi connectivity index (χ1) is 14.3. The first-order valence-corrected chi connectivity index (χ1v) is 9.65. The van der Waals surface area contributed by atoms with E-state index >= 15 is 0 Å². The van der Waals surface area contributed by atoms with Crippen LogP contribution in [0.3, 0.4) is 0 Å². The molecule has 2 N–H and O–H groups in total. The van der Waals surface area contributed by atoms with Crippen LogP contribution in [-0.2, 0) is 27.3 Å². The lowest BCUT2D eigenvalue weighted by Gasteiger charge is -2.33. The highest BCUT2D eigenvalue weighted by molar-refractivity contribution is 5.95. The number of imidazole rings is 1. The lowest BCUT2D eigenvalue weighted by atomic mass is 9.99. The fourth-order valence-corrected chi connectivity index (χ4v) is 3.69. The number of hydrogen-bond acceptors (Lipinski definition) is 5. The van der Waals surface area contributed by atoms with Crippen LogP contribution in [0.4, 0.5) is 14.6 Å². The Morgan fingerprint density at radius 1 is 1.40 bits per heavy atom. The van der Waals surface area contributed by atoms with Crippen molar-refractivity contribution in [1.82, 2.24) is 9.55 Å². The first kappa shape index (κ1) is 20.3. The number of ether oxygens (including phenoxy) is 2. The number of carbonyl (C=O) groups is 2. The predicted molar refractivity (Wildman–Crippen MR) is 103 cm³/mol. The van der Waals surface area contributed by atoms with Crippen molar-refractivity contribution in [1.29, 1.82) is 0 Å². The molecule has 1 fully saturated rings. The number of nitrogens with zero attached hydrogens (tertiary/aromatic N) is 3. The molecule has 2 aromatic rings. The summed E-state index contributed by atoms with van der Waals surface area (Å²) in [6, 6.07) is 4.13. The lowest BCUT2D eigenvalue weighted by molar-refractivity contribution is -0.130. The van der Waals surface area contributed by atoms with Crippen LogP contribution >= 0.6 is 0 Å². The van der Waals surface area contributed by atoms with E-state index in [2.05, 4.69) is 4.98 Å². The van der Waals surface area contributed by atoms with E-state index in [1.54, 1.807) is 17.7 Å². The Morgan fingerprint density at radius 2 is 2.20 bits per heavy atom. The highest BCUT2D eigenvalue weighted by atomic mass is 19.3. The second-order valence-corrected chi connectivity index (χ2v) is 7.48. The van der Waals surface area contributed by atoms with Crippen molar-refractivity contribution < 1.29 is 27.8 Å². The third kappa shape index (κ3) is 3.74. The summed E-state index contributed by atoms with van der Waals surface area (Å²) in [6.45, 7) is 2.05. The zero-order chi connectivity index (χ0) is 21.4. The number of primary amides is 1. The van der Waals surface area contributed by atoms with Crippen LogP contribution in [0.15, 0.2) is 24.4 Å². The molecule has 0 bridgehead atoms. The number of halogens is 2. The second kappa shape index (κ2) is 8.02. The van der Waals surface area contributed by atoms with Gasteiger partial charge in [-0.25, -0.2) is 13.8 Å². The number of alkyl halides is 2. The standard InChI is InChI=1S/C20H22F2N4O4/c1-11(19(23)28)6-12-2-3-13-15(7-12)30-5-4-25-8-16(24-20(13)25)26-14(18(21)22)9-29-10-17(26)27/h2-3,7-8,11,14,18H,4-6,9-10H2,1H3,(H2,23,28)/t11-,14+/m1/s1. The SMILES string of the molecule is C[C@H](Cc1ccc2c(c1)OCCn1cc(N3C(=O)COC[C@H]3C(F)F)nc1-2)C(N)=O. The van der Waals surface area contributed by atoms with E-state index in [0.29, 0.717) is 36.7 Å². The molecule has 2 aliphatic rings. The Labute approximate surface area is 171 Å². The van der Waals surface area contributed by atoms with Gasteiger partial charge in [-0.2, -0.15) is 0 Å². The number of carbonyl (C=O) groups excluding carboxylic acids is 2. The number of rotatable bonds is 5. The van der Waals surface area contributed by atoms with Gasteiger partial charge in [0.1, 0.15) is 30.8 Å². The predicted octanol–water partition coefficient (Wildman–Crippen LogP) is 1.60. The summed E-state index contributed by atoms with van der Waals surface area (Å²) in [6.07, 6.45) is -0.680. The Morgan fingerprint density at radius 3 is 2.93 bits per heavy atom. The summed E-state index contributed by atoms with van der Waals surface area (Å²) in [4.78, 5) is 29.2. The molecule has 2 atom stereocenters. The zero-order valence-corrected chi connectivity index (χ0v) is 16.4. The summed E-state index contributed by atoms with van der Waals surface area (Å²) in [5.74, 6) is 0.0314. The summed E-state index contributed by atoms with van der Waals surface area (Å²) >= 11 is 0. The monoisotopic (exact) mass is 420 g/mol. The topological polar surface area (TPSA) is 99.7 Å². The number of anilines is 1. The molecule has 2 aliphatic heterocycles. The number of aromatic nitrogens is 2. The van der Waals surface area contributed by atoms with Gasteiger partial charge in [0.25, 0.3) is 12.3 Å². The van der Waals surface area contributed by atoms with Crippen LogP contribution < -0.4 is 15.4 Å². The van der Waals surface area contributed by atoms with Gasteiger partial charge >= 0.3 is 0 Å². The molecule has 8 nitrogen and oxygen atoms in total. The number of benzene rings is 1. The molecule has 1 aromatic carbocycles. The van der Waals surface area contributed by atoms with Gasteiger partial charge in [-0.05, 0) is 24.1 Å². The molecule has 0 aliphatic carbocycles. The quantitative estimate of drug-likeness (QED) is 0.792. The highest BCUT2D eigenvalue weighted by Crippen LogP contribution is 2.35. The number of hydrogen-bond donors (Lipinski definition) is 1. The van der Waals surface area contributed by atoms with Crippen LogP contribution in [0.2, 0.25) is 0 Å². The minimum Gasteiger partial charge on any atom is -0.491 e. The van der Waals surface area contributed by atoms with Crippen LogP contribution in [0, 0.1) is 5.92 Å². The minimum absolute atomic E-state index is 0.169. The molecule has 2 amide bonds. The Hall–Kier alpha value is -3.01. The van der Waals surface area contributed by atoms with Gasteiger partial charge in [0.05, 0.1) is 18.7 Å². The van der Waals surface area contributed by atoms with Gasteiger partial charge in [0.2, 0.25) is 5.91 Å². The molecule has 160 valence electrons. The summed E-state index contributed by atoms with van der Waals surface area (Å²) in [5.41, 5.74) is 6.92. The van der Waals surface area contributed by atoms with E-state index < -0.39 is 18.4 Å². The van der Waals surface area contributed by atoms with Crippen LogP contribution in [0.25, 0.3) is 11.4 Å². The van der Waals surface area contributed by atoms with Crippen molar-refractivity contribution >= 4 is 17.6 Å². The van der Waals surface area contributed by atoms with Gasteiger partial charge in [0, 0.05) is 12.1 Å². The van der Waals surface area contributed by atoms with Crippen LogP contribution in [0.5, 0.6) is 5.75 Å². The van der Waals surface area contributed by atoms with E-state index in [1.807, 2.05) is 18.2 Å². The van der Waals surface area contributed by atoms with Crippen molar-refractivity contribution in [2.24, 2.45) is 11.7 Å². The molecule has 1 aromatic heterocycles. The van der Waals surface area contributed by atoms with E-state index in [0.717, 1.165) is 10.5 Å². The molecule has 4 rings (SSSR count). The van der Waals surface area contributed by atoms with Gasteiger partial charge < -0.3 is 19.8 Å². The van der Waals surface area contributed by atoms with Crippen LogP contribution in [0.1, 0.15) is 12.5 Å². The maximum absolute atomic E-state index is 13.5. The molecular weight excluding hydrogens is 398 g/mol. The average Bonchev–Trinajstić information content (AvgIpc) is 3.03. The molecule has 0 radical (unpaired) electrons. The molecule has 3 heterocycles. The summed E-state index contributed by atoms with van der Waals surface area (Å²) in [7, 11) is 0. The molecule has 0 unspecified atom stereocenters. The maximum atomic E-state index is 13.5. The average molecular weight is 420 g/mol. The van der Waals surface area contributed by atoms with Gasteiger partial charge in [-0.3, -0.25) is 14.5 Å². The third-order valence-corrected chi connectivity index (χ3v) is 5.32. The Balaban J connectivity index is 1.69. The lowest BCUT2D eigenvalue weighted by Crippen LogP contribution is -2.53. The largest absolute Gasteiger partial charge is 0.491 e. The summed E-state index contributed by atoms with van der Waals surface area (Å²) in [5, 5.41) is 0. The Bertz CT molecular complexity index is 978. The molecule has 1 saturated heterocycles. The van der Waals surface area contributed by atoms with Gasteiger partial charge in [-0.15, -0.1) is 0 Å². The number of morpholine rings is 1.